The van der Waals surface area contributed by atoms with Gasteiger partial charge in [0.1, 0.15) is 17.3 Å². The number of nitrogens with one attached hydrogen (secondary N) is 1. The molecule has 5 nitrogen and oxygen atoms in total. The SMILES string of the molecule is COc1ccc(C=O)c(OC)c1-c1c[nH]c(C2CC2)n1. The van der Waals surface area contributed by atoms with Gasteiger partial charge in [-0.3, -0.25) is 4.79 Å². The quantitative estimate of drug-likeness (QED) is 0.850. The van der Waals surface area contributed by atoms with E-state index in [4.69, 9.17) is 9.47 Å². The first kappa shape index (κ1) is 12.7. The summed E-state index contributed by atoms with van der Waals surface area (Å²) < 4.78 is 10.8. The van der Waals surface area contributed by atoms with Crippen molar-refractivity contribution < 1.29 is 14.3 Å². The fourth-order valence-electron chi connectivity index (χ4n) is 2.34. The van der Waals surface area contributed by atoms with Crippen molar-refractivity contribution in [1.82, 2.24) is 9.97 Å². The lowest BCUT2D eigenvalue weighted by molar-refractivity contribution is 0.112. The zero-order chi connectivity index (χ0) is 14.1. The van der Waals surface area contributed by atoms with E-state index in [0.717, 1.165) is 17.8 Å². The Kier molecular flexibility index (Phi) is 3.18. The molecule has 0 unspecified atom stereocenters. The third kappa shape index (κ3) is 2.05. The zero-order valence-corrected chi connectivity index (χ0v) is 11.5. The summed E-state index contributed by atoms with van der Waals surface area (Å²) in [4.78, 5) is 18.9. The van der Waals surface area contributed by atoms with E-state index in [1.165, 1.54) is 12.8 Å². The highest BCUT2D eigenvalue weighted by molar-refractivity contribution is 5.88. The van der Waals surface area contributed by atoms with E-state index in [2.05, 4.69) is 9.97 Å². The largest absolute Gasteiger partial charge is 0.496 e. The van der Waals surface area contributed by atoms with E-state index in [-0.39, 0.29) is 0 Å². The Morgan fingerprint density at radius 1 is 1.30 bits per heavy atom. The Hall–Kier alpha value is -2.30. The van der Waals surface area contributed by atoms with Crippen molar-refractivity contribution in [1.29, 1.82) is 0 Å². The van der Waals surface area contributed by atoms with E-state index < -0.39 is 0 Å². The number of aromatic nitrogens is 2. The van der Waals surface area contributed by atoms with Gasteiger partial charge in [-0.1, -0.05) is 0 Å². The number of methoxy groups -OCH3 is 2. The van der Waals surface area contributed by atoms with E-state index in [1.807, 2.05) is 6.20 Å². The summed E-state index contributed by atoms with van der Waals surface area (Å²) >= 11 is 0. The lowest BCUT2D eigenvalue weighted by Gasteiger charge is -2.13. The van der Waals surface area contributed by atoms with Crippen LogP contribution in [0.5, 0.6) is 11.5 Å². The molecular weight excluding hydrogens is 256 g/mol. The average Bonchev–Trinajstić information content (AvgIpc) is 3.23. The highest BCUT2D eigenvalue weighted by Gasteiger charge is 2.28. The number of hydrogen-bond donors (Lipinski definition) is 1. The smallest absolute Gasteiger partial charge is 0.153 e. The van der Waals surface area contributed by atoms with Gasteiger partial charge >= 0.3 is 0 Å². The van der Waals surface area contributed by atoms with Crippen molar-refractivity contribution in [3.05, 3.63) is 29.7 Å². The summed E-state index contributed by atoms with van der Waals surface area (Å²) in [5, 5.41) is 0. The van der Waals surface area contributed by atoms with Gasteiger partial charge in [-0.25, -0.2) is 4.98 Å². The van der Waals surface area contributed by atoms with Gasteiger partial charge in [0, 0.05) is 12.1 Å². The van der Waals surface area contributed by atoms with Crippen LogP contribution in [-0.2, 0) is 0 Å². The van der Waals surface area contributed by atoms with Crippen LogP contribution in [0.4, 0.5) is 0 Å². The standard InChI is InChI=1S/C15H16N2O3/c1-19-12-6-5-10(8-18)14(20-2)13(12)11-7-16-15(17-11)9-3-4-9/h5-9H,3-4H2,1-2H3,(H,16,17). The number of aromatic amines is 1. The van der Waals surface area contributed by atoms with Crippen LogP contribution in [0.2, 0.25) is 0 Å². The molecule has 5 heteroatoms. The molecule has 0 aliphatic heterocycles. The second kappa shape index (κ2) is 5.00. The second-order valence-electron chi connectivity index (χ2n) is 4.83. The molecule has 3 rings (SSSR count). The maximum absolute atomic E-state index is 11.1. The van der Waals surface area contributed by atoms with E-state index in [1.54, 1.807) is 26.4 Å². The number of imidazole rings is 1. The van der Waals surface area contributed by atoms with Gasteiger partial charge in [-0.2, -0.15) is 0 Å². The fraction of sp³-hybridized carbons (Fsp3) is 0.333. The Balaban J connectivity index is 2.15. The summed E-state index contributed by atoms with van der Waals surface area (Å²) in [5.74, 6) is 2.66. The molecule has 0 radical (unpaired) electrons. The number of nitrogens with zero attached hydrogens (tertiary/aromatic N) is 1. The molecule has 2 aromatic rings. The topological polar surface area (TPSA) is 64.2 Å². The molecule has 0 saturated heterocycles. The first-order valence-corrected chi connectivity index (χ1v) is 6.54. The minimum absolute atomic E-state index is 0.485. The van der Waals surface area contributed by atoms with Crippen LogP contribution >= 0.6 is 0 Å². The van der Waals surface area contributed by atoms with Gasteiger partial charge in [0.2, 0.25) is 0 Å². The summed E-state index contributed by atoms with van der Waals surface area (Å²) in [6.45, 7) is 0. The van der Waals surface area contributed by atoms with Crippen LogP contribution in [0.15, 0.2) is 18.3 Å². The summed E-state index contributed by atoms with van der Waals surface area (Å²) in [5.41, 5.74) is 1.94. The third-order valence-electron chi connectivity index (χ3n) is 3.52. The number of ether oxygens (including phenoxy) is 2. The van der Waals surface area contributed by atoms with Crippen molar-refractivity contribution in [3.8, 4) is 22.8 Å². The molecule has 1 aliphatic rings. The third-order valence-corrected chi connectivity index (χ3v) is 3.52. The number of aldehydes is 1. The van der Waals surface area contributed by atoms with Crippen molar-refractivity contribution in [3.63, 3.8) is 0 Å². The molecule has 1 aliphatic carbocycles. The molecule has 0 atom stereocenters. The zero-order valence-electron chi connectivity index (χ0n) is 11.5. The molecule has 0 bridgehead atoms. The molecule has 104 valence electrons. The minimum Gasteiger partial charge on any atom is -0.496 e. The van der Waals surface area contributed by atoms with Gasteiger partial charge in [0.15, 0.2) is 6.29 Å². The average molecular weight is 272 g/mol. The van der Waals surface area contributed by atoms with Crippen molar-refractivity contribution >= 4 is 6.29 Å². The van der Waals surface area contributed by atoms with Crippen LogP contribution in [0, 0.1) is 0 Å². The van der Waals surface area contributed by atoms with Crippen LogP contribution in [-0.4, -0.2) is 30.5 Å². The predicted octanol–water partition coefficient (Wildman–Crippen LogP) is 2.78. The summed E-state index contributed by atoms with van der Waals surface area (Å²) in [7, 11) is 3.13. The maximum Gasteiger partial charge on any atom is 0.153 e. The number of carbonyl (C=O) groups is 1. The maximum atomic E-state index is 11.1. The van der Waals surface area contributed by atoms with Crippen LogP contribution in [0.3, 0.4) is 0 Å². The van der Waals surface area contributed by atoms with Crippen LogP contribution in [0.1, 0.15) is 34.9 Å². The summed E-state index contributed by atoms with van der Waals surface area (Å²) in [6.07, 6.45) is 4.96. The molecule has 1 N–H and O–H groups in total. The van der Waals surface area contributed by atoms with Gasteiger partial charge in [0.25, 0.3) is 0 Å². The molecule has 1 heterocycles. The Labute approximate surface area is 116 Å². The molecule has 1 aromatic heterocycles. The molecular formula is C15H16N2O3. The number of H-pyrrole nitrogens is 1. The number of hydrogen-bond acceptors (Lipinski definition) is 4. The molecule has 1 aromatic carbocycles. The van der Waals surface area contributed by atoms with Gasteiger partial charge in [-0.05, 0) is 25.0 Å². The first-order valence-electron chi connectivity index (χ1n) is 6.54. The monoisotopic (exact) mass is 272 g/mol. The Bertz CT molecular complexity index is 645. The minimum atomic E-state index is 0.485. The van der Waals surface area contributed by atoms with Crippen molar-refractivity contribution in [2.45, 2.75) is 18.8 Å². The molecule has 20 heavy (non-hydrogen) atoms. The normalized spacial score (nSPS) is 14.1. The number of rotatable bonds is 5. The second-order valence-corrected chi connectivity index (χ2v) is 4.83. The molecule has 1 fully saturated rings. The van der Waals surface area contributed by atoms with Crippen LogP contribution < -0.4 is 9.47 Å². The predicted molar refractivity (Wildman–Crippen MR) is 74.5 cm³/mol. The highest BCUT2D eigenvalue weighted by Crippen LogP contribution is 2.42. The van der Waals surface area contributed by atoms with Crippen molar-refractivity contribution in [2.75, 3.05) is 14.2 Å². The van der Waals surface area contributed by atoms with Gasteiger partial charge < -0.3 is 14.5 Å². The Morgan fingerprint density at radius 2 is 2.10 bits per heavy atom. The van der Waals surface area contributed by atoms with Gasteiger partial charge in [0.05, 0.1) is 31.0 Å². The fourth-order valence-corrected chi connectivity index (χ4v) is 2.34. The first-order chi connectivity index (χ1) is 9.78. The lowest BCUT2D eigenvalue weighted by atomic mass is 10.1. The molecule has 1 saturated carbocycles. The lowest BCUT2D eigenvalue weighted by Crippen LogP contribution is -1.97. The van der Waals surface area contributed by atoms with Gasteiger partial charge in [-0.15, -0.1) is 0 Å². The summed E-state index contributed by atoms with van der Waals surface area (Å²) in [6, 6.07) is 3.44. The Morgan fingerprint density at radius 3 is 2.70 bits per heavy atom. The number of carbonyl (C=O) groups excluding carboxylic acids is 1. The number of benzene rings is 1. The van der Waals surface area contributed by atoms with E-state index in [9.17, 15) is 4.79 Å². The molecule has 0 amide bonds. The van der Waals surface area contributed by atoms with Crippen molar-refractivity contribution in [2.24, 2.45) is 0 Å². The molecule has 0 spiro atoms. The van der Waals surface area contributed by atoms with E-state index in [0.29, 0.717) is 28.5 Å². The van der Waals surface area contributed by atoms with Crippen LogP contribution in [0.25, 0.3) is 11.3 Å². The van der Waals surface area contributed by atoms with E-state index >= 15 is 0 Å². The highest BCUT2D eigenvalue weighted by atomic mass is 16.5.